The number of carbonyl (C=O) groups excluding carboxylic acids is 1. The molecule has 1 aromatic heterocycles. The SMILES string of the molecule is [2H]c1cc([2H])n(CC(=O)[C@@]2([2H])CC[C@H]3[C@@H]4CC[C@H]5C[C@@](O)(C([2H])([2H])OC)CC[C@]5(C)[C@H]4CC[C@@]32C)c1[2H]. The normalized spacial score (nSPS) is 52.4. The van der Waals surface area contributed by atoms with Crippen LogP contribution in [0.15, 0.2) is 24.5 Å². The van der Waals surface area contributed by atoms with Crippen LogP contribution in [0.25, 0.3) is 0 Å². The molecule has 1 N–H and O–H groups in total. The number of nitrogens with zero attached hydrogens (tertiary/aromatic N) is 1. The highest BCUT2D eigenvalue weighted by Gasteiger charge is 2.62. The maximum absolute atomic E-state index is 13.6. The third kappa shape index (κ3) is 3.44. The Morgan fingerprint density at radius 3 is 2.71 bits per heavy atom. The summed E-state index contributed by atoms with van der Waals surface area (Å²) < 4.78 is 56.2. The van der Waals surface area contributed by atoms with Crippen molar-refractivity contribution in [2.75, 3.05) is 13.7 Å². The van der Waals surface area contributed by atoms with Crippen LogP contribution in [0.4, 0.5) is 0 Å². The van der Waals surface area contributed by atoms with Gasteiger partial charge in [0.05, 0.1) is 25.6 Å². The predicted octanol–water partition coefficient (Wildman–Crippen LogP) is 5.09. The number of carbonyl (C=O) groups is 1. The van der Waals surface area contributed by atoms with E-state index in [1.807, 2.05) is 0 Å². The quantitative estimate of drug-likeness (QED) is 0.703. The van der Waals surface area contributed by atoms with E-state index in [9.17, 15) is 11.3 Å². The van der Waals surface area contributed by atoms with E-state index in [0.717, 1.165) is 38.5 Å². The van der Waals surface area contributed by atoms with Gasteiger partial charge >= 0.3 is 0 Å². The third-order valence-corrected chi connectivity index (χ3v) is 9.93. The van der Waals surface area contributed by atoms with Crippen LogP contribution in [0.3, 0.4) is 0 Å². The second-order valence-electron chi connectivity index (χ2n) is 11.2. The zero-order valence-electron chi connectivity index (χ0n) is 25.2. The Labute approximate surface area is 196 Å². The number of methoxy groups -OCH3 is 1. The van der Waals surface area contributed by atoms with Gasteiger partial charge in [-0.25, -0.2) is 0 Å². The number of Topliss-reactive ketones (excluding diaryl/α,β-unsaturated/α-hetero) is 1. The fourth-order valence-electron chi connectivity index (χ4n) is 8.38. The molecule has 4 saturated carbocycles. The van der Waals surface area contributed by atoms with Crippen molar-refractivity contribution in [1.29, 1.82) is 0 Å². The molecule has 4 aliphatic rings. The summed E-state index contributed by atoms with van der Waals surface area (Å²) in [6.45, 7) is 2.16. The van der Waals surface area contributed by atoms with E-state index in [4.69, 9.17) is 11.6 Å². The van der Waals surface area contributed by atoms with E-state index in [1.165, 1.54) is 17.7 Å². The zero-order valence-corrected chi connectivity index (χ0v) is 19.2. The molecule has 4 fully saturated rings. The minimum absolute atomic E-state index is 0.00646. The first-order chi connectivity index (χ1) is 17.1. The van der Waals surface area contributed by atoms with Gasteiger partial charge in [0.2, 0.25) is 0 Å². The zero-order chi connectivity index (χ0) is 27.2. The topological polar surface area (TPSA) is 51.5 Å². The fraction of sp³-hybridized carbons (Fsp3) is 0.815. The Hall–Kier alpha value is -1.13. The summed E-state index contributed by atoms with van der Waals surface area (Å²) in [4.78, 5) is 13.6. The average Bonchev–Trinajstić information content (AvgIpc) is 3.26. The second kappa shape index (κ2) is 7.73. The summed E-state index contributed by atoms with van der Waals surface area (Å²) in [6.07, 6.45) is 6.21. The highest BCUT2D eigenvalue weighted by molar-refractivity contribution is 5.82. The Morgan fingerprint density at radius 2 is 1.97 bits per heavy atom. The van der Waals surface area contributed by atoms with Gasteiger partial charge in [0.15, 0.2) is 5.78 Å². The number of hydrogen-bond acceptors (Lipinski definition) is 3. The lowest BCUT2D eigenvalue weighted by Gasteiger charge is -2.62. The molecule has 0 saturated heterocycles. The molecule has 0 radical (unpaired) electrons. The second-order valence-corrected chi connectivity index (χ2v) is 11.2. The van der Waals surface area contributed by atoms with Crippen molar-refractivity contribution >= 4 is 5.78 Å². The van der Waals surface area contributed by atoms with Gasteiger partial charge in [0.25, 0.3) is 0 Å². The van der Waals surface area contributed by atoms with Crippen LogP contribution in [0.5, 0.6) is 0 Å². The highest BCUT2D eigenvalue weighted by atomic mass is 16.5. The van der Waals surface area contributed by atoms with E-state index < -0.39 is 23.5 Å². The van der Waals surface area contributed by atoms with Crippen LogP contribution >= 0.6 is 0 Å². The minimum atomic E-state index is -2.08. The molecule has 5 rings (SSSR count). The summed E-state index contributed by atoms with van der Waals surface area (Å²) in [6, 6.07) is 1.20. The molecule has 0 unspecified atom stereocenters. The molecule has 172 valence electrons. The molecule has 0 spiro atoms. The first kappa shape index (κ1) is 15.7. The molecule has 31 heavy (non-hydrogen) atoms. The molecule has 8 atom stereocenters. The van der Waals surface area contributed by atoms with Crippen LogP contribution in [0.2, 0.25) is 0 Å². The Kier molecular flexibility index (Phi) is 3.90. The standard InChI is InChI=1S/C27H41NO3/c1-25-12-13-27(30,18-31-3)16-19(25)6-7-20-21-8-9-23(26(21,2)11-10-22(20)25)24(29)17-28-14-4-5-15-28/h4-5,14-15,19-23,30H,6-13,16-18H2,1-3H3/t19-,20-,21-,22-,23+,25-,26-,27+/m0/s1/i4D,14D,15D,18D2,23D. The number of ether oxygens (including phenoxy) is 1. The Balaban J connectivity index is 1.37. The monoisotopic (exact) mass is 433 g/mol. The smallest absolute Gasteiger partial charge is 0.156 e. The van der Waals surface area contributed by atoms with Gasteiger partial charge in [0, 0.05) is 26.7 Å². The first-order valence-corrected chi connectivity index (χ1v) is 12.1. The molecular formula is C27H41NO3. The minimum Gasteiger partial charge on any atom is -0.387 e. The molecule has 4 aliphatic carbocycles. The molecule has 0 aromatic carbocycles. The van der Waals surface area contributed by atoms with Gasteiger partial charge in [-0.2, -0.15) is 0 Å². The van der Waals surface area contributed by atoms with Gasteiger partial charge in [-0.1, -0.05) is 13.8 Å². The van der Waals surface area contributed by atoms with Gasteiger partial charge in [-0.05, 0) is 104 Å². The maximum atomic E-state index is 13.6. The molecular weight excluding hydrogens is 386 g/mol. The fourth-order valence-corrected chi connectivity index (χ4v) is 8.38. The van der Waals surface area contributed by atoms with Crippen LogP contribution in [-0.4, -0.2) is 34.7 Å². The molecule has 1 aromatic rings. The van der Waals surface area contributed by atoms with Crippen molar-refractivity contribution in [2.45, 2.75) is 83.8 Å². The summed E-state index contributed by atoms with van der Waals surface area (Å²) in [5, 5.41) is 11.2. The van der Waals surface area contributed by atoms with Gasteiger partial charge in [0.1, 0.15) is 0 Å². The largest absolute Gasteiger partial charge is 0.387 e. The number of hydrogen-bond donors (Lipinski definition) is 1. The van der Waals surface area contributed by atoms with Crippen LogP contribution < -0.4 is 0 Å². The van der Waals surface area contributed by atoms with E-state index in [1.54, 1.807) is 0 Å². The van der Waals surface area contributed by atoms with E-state index in [0.29, 0.717) is 31.1 Å². The molecule has 0 aliphatic heterocycles. The summed E-state index contributed by atoms with van der Waals surface area (Å²) in [7, 11) is 1.32. The molecule has 4 heteroatoms. The highest BCUT2D eigenvalue weighted by Crippen LogP contribution is 2.68. The van der Waals surface area contributed by atoms with Crippen LogP contribution in [0, 0.1) is 40.4 Å². The average molecular weight is 434 g/mol. The molecule has 1 heterocycles. The number of ketones is 1. The van der Waals surface area contributed by atoms with Crippen LogP contribution in [0.1, 0.15) is 79.9 Å². The molecule has 0 bridgehead atoms. The van der Waals surface area contributed by atoms with Crippen molar-refractivity contribution in [3.63, 3.8) is 0 Å². The van der Waals surface area contributed by atoms with Crippen molar-refractivity contribution in [3.05, 3.63) is 24.5 Å². The predicted molar refractivity (Wildman–Crippen MR) is 121 cm³/mol. The van der Waals surface area contributed by atoms with Crippen molar-refractivity contribution in [3.8, 4) is 0 Å². The molecule has 4 nitrogen and oxygen atoms in total. The summed E-state index contributed by atoms with van der Waals surface area (Å²) in [5.74, 6) is -0.237. The number of aliphatic hydroxyl groups is 1. The van der Waals surface area contributed by atoms with E-state index >= 15 is 0 Å². The summed E-state index contributed by atoms with van der Waals surface area (Å²) >= 11 is 0. The first-order valence-electron chi connectivity index (χ1n) is 15.1. The Bertz CT molecular complexity index is 1090. The third-order valence-electron chi connectivity index (χ3n) is 9.93. The maximum Gasteiger partial charge on any atom is 0.156 e. The number of aromatic nitrogens is 1. The van der Waals surface area contributed by atoms with Crippen molar-refractivity contribution in [2.24, 2.45) is 40.4 Å². The lowest BCUT2D eigenvalue weighted by atomic mass is 9.44. The van der Waals surface area contributed by atoms with Gasteiger partial charge < -0.3 is 14.4 Å². The van der Waals surface area contributed by atoms with Crippen LogP contribution in [-0.2, 0) is 16.1 Å². The van der Waals surface area contributed by atoms with Crippen molar-refractivity contribution in [1.82, 2.24) is 4.57 Å². The van der Waals surface area contributed by atoms with Gasteiger partial charge in [-0.15, -0.1) is 0 Å². The summed E-state index contributed by atoms with van der Waals surface area (Å²) in [5.41, 5.74) is -1.96. The number of rotatable bonds is 5. The van der Waals surface area contributed by atoms with Gasteiger partial charge in [-0.3, -0.25) is 4.79 Å². The lowest BCUT2D eigenvalue weighted by molar-refractivity contribution is -0.164. The number of fused-ring (bicyclic) bond motifs is 5. The lowest BCUT2D eigenvalue weighted by Crippen LogP contribution is -2.56. The molecule has 0 amide bonds. The van der Waals surface area contributed by atoms with E-state index in [-0.39, 0.29) is 48.0 Å². The Morgan fingerprint density at radius 1 is 1.16 bits per heavy atom. The van der Waals surface area contributed by atoms with E-state index in [2.05, 4.69) is 13.8 Å². The van der Waals surface area contributed by atoms with Crippen molar-refractivity contribution < 1.29 is 22.9 Å².